The Labute approximate surface area is 119 Å². The van der Waals surface area contributed by atoms with Gasteiger partial charge in [0.15, 0.2) is 0 Å². The van der Waals surface area contributed by atoms with Crippen LogP contribution in [0.25, 0.3) is 10.9 Å². The fourth-order valence-corrected chi connectivity index (χ4v) is 2.24. The Kier molecular flexibility index (Phi) is 3.16. The highest BCUT2D eigenvalue weighted by molar-refractivity contribution is 6.31. The molecule has 0 aliphatic rings. The zero-order valence-corrected chi connectivity index (χ0v) is 11.0. The van der Waals surface area contributed by atoms with E-state index in [-0.39, 0.29) is 11.7 Å². The first-order valence-electron chi connectivity index (χ1n) is 5.97. The molecule has 0 fully saturated rings. The van der Waals surface area contributed by atoms with Crippen LogP contribution in [0.4, 0.5) is 10.1 Å². The van der Waals surface area contributed by atoms with Crippen LogP contribution >= 0.6 is 11.6 Å². The highest BCUT2D eigenvalue weighted by Gasteiger charge is 2.12. The van der Waals surface area contributed by atoms with Crippen molar-refractivity contribution in [3.8, 4) is 0 Å². The third-order valence-corrected chi connectivity index (χ3v) is 3.21. The summed E-state index contributed by atoms with van der Waals surface area (Å²) in [5.74, 6) is -0.619. The number of carbonyl (C=O) groups excluding carboxylic acids is 1. The number of rotatable bonds is 2. The number of aromatic nitrogens is 1. The molecule has 20 heavy (non-hydrogen) atoms. The zero-order valence-electron chi connectivity index (χ0n) is 10.3. The Balaban J connectivity index is 1.93. The van der Waals surface area contributed by atoms with Crippen molar-refractivity contribution in [2.24, 2.45) is 0 Å². The van der Waals surface area contributed by atoms with Gasteiger partial charge in [0.05, 0.1) is 5.56 Å². The molecule has 100 valence electrons. The highest BCUT2D eigenvalue weighted by atomic mass is 35.5. The molecule has 0 saturated carbocycles. The Morgan fingerprint density at radius 1 is 1.20 bits per heavy atom. The normalized spacial score (nSPS) is 10.7. The number of nitrogens with one attached hydrogen (secondary N) is 2. The van der Waals surface area contributed by atoms with Crippen molar-refractivity contribution in [3.05, 3.63) is 65.1 Å². The maximum Gasteiger partial charge on any atom is 0.257 e. The van der Waals surface area contributed by atoms with Gasteiger partial charge in [0, 0.05) is 27.8 Å². The number of hydrogen-bond donors (Lipinski definition) is 2. The van der Waals surface area contributed by atoms with Crippen LogP contribution in [0.3, 0.4) is 0 Å². The van der Waals surface area contributed by atoms with Gasteiger partial charge in [-0.3, -0.25) is 4.79 Å². The van der Waals surface area contributed by atoms with E-state index in [0.29, 0.717) is 27.2 Å². The summed E-state index contributed by atoms with van der Waals surface area (Å²) in [5, 5.41) is 3.97. The first-order chi connectivity index (χ1) is 9.63. The molecule has 0 spiro atoms. The lowest BCUT2D eigenvalue weighted by Crippen LogP contribution is -2.11. The standard InChI is InChI=1S/C15H10ClFN2O/c16-9-2-1-3-11(6-9)19-15(20)13-8-18-14-7-10(17)4-5-12(13)14/h1-8,18H,(H,19,20). The molecule has 3 aromatic rings. The maximum absolute atomic E-state index is 13.1. The van der Waals surface area contributed by atoms with Crippen molar-refractivity contribution >= 4 is 34.1 Å². The summed E-state index contributed by atoms with van der Waals surface area (Å²) in [6.07, 6.45) is 1.56. The molecular formula is C15H10ClFN2O. The molecule has 3 rings (SSSR count). The number of H-pyrrole nitrogens is 1. The lowest BCUT2D eigenvalue weighted by atomic mass is 10.1. The van der Waals surface area contributed by atoms with E-state index in [1.165, 1.54) is 12.1 Å². The van der Waals surface area contributed by atoms with Gasteiger partial charge in [0.1, 0.15) is 5.82 Å². The number of amides is 1. The molecule has 1 heterocycles. The average molecular weight is 289 g/mol. The van der Waals surface area contributed by atoms with Gasteiger partial charge in [0.2, 0.25) is 0 Å². The van der Waals surface area contributed by atoms with Crippen LogP contribution in [-0.4, -0.2) is 10.9 Å². The summed E-state index contributed by atoms with van der Waals surface area (Å²) in [4.78, 5) is 15.1. The van der Waals surface area contributed by atoms with Gasteiger partial charge >= 0.3 is 0 Å². The van der Waals surface area contributed by atoms with Crippen molar-refractivity contribution in [1.29, 1.82) is 0 Å². The first kappa shape index (κ1) is 12.7. The minimum Gasteiger partial charge on any atom is -0.360 e. The molecule has 5 heteroatoms. The van der Waals surface area contributed by atoms with E-state index < -0.39 is 0 Å². The van der Waals surface area contributed by atoms with Crippen LogP contribution in [0.5, 0.6) is 0 Å². The molecular weight excluding hydrogens is 279 g/mol. The first-order valence-corrected chi connectivity index (χ1v) is 6.35. The summed E-state index contributed by atoms with van der Waals surface area (Å²) in [6.45, 7) is 0. The molecule has 0 bridgehead atoms. The van der Waals surface area contributed by atoms with E-state index in [2.05, 4.69) is 10.3 Å². The monoisotopic (exact) mass is 288 g/mol. The molecule has 0 unspecified atom stereocenters. The van der Waals surface area contributed by atoms with E-state index in [4.69, 9.17) is 11.6 Å². The lowest BCUT2D eigenvalue weighted by Gasteiger charge is -2.04. The van der Waals surface area contributed by atoms with Gasteiger partial charge in [-0.05, 0) is 36.4 Å². The van der Waals surface area contributed by atoms with Crippen molar-refractivity contribution in [1.82, 2.24) is 4.98 Å². The molecule has 2 N–H and O–H groups in total. The van der Waals surface area contributed by atoms with Crippen molar-refractivity contribution < 1.29 is 9.18 Å². The SMILES string of the molecule is O=C(Nc1cccc(Cl)c1)c1c[nH]c2cc(F)ccc12. The second-order valence-corrected chi connectivity index (χ2v) is 4.79. The van der Waals surface area contributed by atoms with Gasteiger partial charge in [-0.1, -0.05) is 17.7 Å². The molecule has 1 amide bonds. The molecule has 0 aliphatic carbocycles. The van der Waals surface area contributed by atoms with Gasteiger partial charge < -0.3 is 10.3 Å². The Hall–Kier alpha value is -2.33. The van der Waals surface area contributed by atoms with E-state index in [1.54, 1.807) is 36.5 Å². The van der Waals surface area contributed by atoms with Gasteiger partial charge in [-0.25, -0.2) is 4.39 Å². The summed E-state index contributed by atoms with van der Waals surface area (Å²) in [7, 11) is 0. The maximum atomic E-state index is 13.1. The minimum atomic E-state index is -0.346. The van der Waals surface area contributed by atoms with Gasteiger partial charge in [-0.2, -0.15) is 0 Å². The van der Waals surface area contributed by atoms with Crippen LogP contribution in [0.15, 0.2) is 48.7 Å². The topological polar surface area (TPSA) is 44.9 Å². The van der Waals surface area contributed by atoms with Gasteiger partial charge in [0.25, 0.3) is 5.91 Å². The molecule has 2 aromatic carbocycles. The Bertz CT molecular complexity index is 797. The quantitative estimate of drug-likeness (QED) is 0.729. The van der Waals surface area contributed by atoms with E-state index in [1.807, 2.05) is 0 Å². The highest BCUT2D eigenvalue weighted by Crippen LogP contribution is 2.21. The number of fused-ring (bicyclic) bond motifs is 1. The third kappa shape index (κ3) is 2.38. The van der Waals surface area contributed by atoms with Crippen LogP contribution in [0.2, 0.25) is 5.02 Å². The van der Waals surface area contributed by atoms with Crippen LogP contribution in [0.1, 0.15) is 10.4 Å². The van der Waals surface area contributed by atoms with Crippen LogP contribution in [-0.2, 0) is 0 Å². The summed E-state index contributed by atoms with van der Waals surface area (Å²) in [6, 6.07) is 11.1. The number of halogens is 2. The summed E-state index contributed by atoms with van der Waals surface area (Å²) in [5.41, 5.74) is 1.65. The predicted octanol–water partition coefficient (Wildman–Crippen LogP) is 4.21. The minimum absolute atomic E-state index is 0.273. The second-order valence-electron chi connectivity index (χ2n) is 4.36. The third-order valence-electron chi connectivity index (χ3n) is 2.97. The molecule has 0 radical (unpaired) electrons. The molecule has 3 nitrogen and oxygen atoms in total. The van der Waals surface area contributed by atoms with Crippen molar-refractivity contribution in [3.63, 3.8) is 0 Å². The largest absolute Gasteiger partial charge is 0.360 e. The molecule has 0 saturated heterocycles. The summed E-state index contributed by atoms with van der Waals surface area (Å²) < 4.78 is 13.1. The number of anilines is 1. The van der Waals surface area contributed by atoms with Gasteiger partial charge in [-0.15, -0.1) is 0 Å². The van der Waals surface area contributed by atoms with E-state index >= 15 is 0 Å². The predicted molar refractivity (Wildman–Crippen MR) is 77.7 cm³/mol. The second kappa shape index (κ2) is 4.98. The van der Waals surface area contributed by atoms with Crippen LogP contribution in [0, 0.1) is 5.82 Å². The smallest absolute Gasteiger partial charge is 0.257 e. The van der Waals surface area contributed by atoms with Crippen molar-refractivity contribution in [2.75, 3.05) is 5.32 Å². The van der Waals surface area contributed by atoms with Crippen molar-refractivity contribution in [2.45, 2.75) is 0 Å². The Morgan fingerprint density at radius 3 is 2.85 bits per heavy atom. The van der Waals surface area contributed by atoms with E-state index in [9.17, 15) is 9.18 Å². The number of hydrogen-bond acceptors (Lipinski definition) is 1. The fraction of sp³-hybridized carbons (Fsp3) is 0. The summed E-state index contributed by atoms with van der Waals surface area (Å²) >= 11 is 5.87. The number of carbonyl (C=O) groups is 1. The molecule has 0 atom stereocenters. The molecule has 0 aliphatic heterocycles. The molecule has 1 aromatic heterocycles. The fourth-order valence-electron chi connectivity index (χ4n) is 2.05. The Morgan fingerprint density at radius 2 is 2.05 bits per heavy atom. The average Bonchev–Trinajstić information content (AvgIpc) is 2.81. The van der Waals surface area contributed by atoms with Crippen LogP contribution < -0.4 is 5.32 Å². The number of aromatic amines is 1. The lowest BCUT2D eigenvalue weighted by molar-refractivity contribution is 0.102. The number of benzene rings is 2. The zero-order chi connectivity index (χ0) is 14.1. The van der Waals surface area contributed by atoms with E-state index in [0.717, 1.165) is 0 Å².